The van der Waals surface area contributed by atoms with Crippen LogP contribution in [0.3, 0.4) is 0 Å². The van der Waals surface area contributed by atoms with Gasteiger partial charge in [-0.05, 0) is 96.3 Å². The van der Waals surface area contributed by atoms with Gasteiger partial charge in [0.25, 0.3) is 0 Å². The molecule has 320 valence electrons. The van der Waals surface area contributed by atoms with Crippen LogP contribution in [0.25, 0.3) is 0 Å². The zero-order valence-corrected chi connectivity index (χ0v) is 36.3. The van der Waals surface area contributed by atoms with E-state index in [-0.39, 0.29) is 44.0 Å². The molecule has 0 radical (unpaired) electrons. The molecular weight excluding hydrogens is 709 g/mol. The van der Waals surface area contributed by atoms with Crippen molar-refractivity contribution in [2.24, 2.45) is 0 Å². The largest absolute Gasteiger partial charge is 0.462 e. The smallest absolute Gasteiger partial charge is 0.306 e. The van der Waals surface area contributed by atoms with E-state index in [1.807, 2.05) is 6.08 Å². The van der Waals surface area contributed by atoms with Crippen LogP contribution in [0.1, 0.15) is 175 Å². The van der Waals surface area contributed by atoms with Gasteiger partial charge in [-0.1, -0.05) is 169 Å². The Morgan fingerprint density at radius 2 is 0.789 bits per heavy atom. The quantitative estimate of drug-likeness (QED) is 0.0204. The van der Waals surface area contributed by atoms with Crippen molar-refractivity contribution in [1.29, 1.82) is 0 Å². The molecule has 0 bridgehead atoms. The van der Waals surface area contributed by atoms with Crippen molar-refractivity contribution >= 4 is 17.9 Å². The zero-order valence-electron chi connectivity index (χ0n) is 36.3. The molecule has 1 atom stereocenters. The fraction of sp³-hybridized carbons (Fsp3) is 0.588. The number of esters is 3. The lowest BCUT2D eigenvalue weighted by Gasteiger charge is -2.18. The van der Waals surface area contributed by atoms with Gasteiger partial charge < -0.3 is 14.2 Å². The van der Waals surface area contributed by atoms with Gasteiger partial charge in [-0.25, -0.2) is 0 Å². The second-order valence-corrected chi connectivity index (χ2v) is 14.2. The van der Waals surface area contributed by atoms with Crippen LogP contribution in [0.2, 0.25) is 0 Å². The maximum absolute atomic E-state index is 12.7. The van der Waals surface area contributed by atoms with E-state index in [1.54, 1.807) is 0 Å². The van der Waals surface area contributed by atoms with Gasteiger partial charge in [0, 0.05) is 19.3 Å². The Morgan fingerprint density at radius 3 is 1.33 bits per heavy atom. The van der Waals surface area contributed by atoms with E-state index in [2.05, 4.69) is 124 Å². The summed E-state index contributed by atoms with van der Waals surface area (Å²) in [6, 6.07) is 0. The van der Waals surface area contributed by atoms with Crippen LogP contribution in [0, 0.1) is 0 Å². The van der Waals surface area contributed by atoms with E-state index in [4.69, 9.17) is 14.2 Å². The van der Waals surface area contributed by atoms with E-state index in [1.165, 1.54) is 25.7 Å². The Kier molecular flexibility index (Phi) is 41.7. The Bertz CT molecular complexity index is 1230. The molecular formula is C51H80O6. The minimum Gasteiger partial charge on any atom is -0.462 e. The van der Waals surface area contributed by atoms with Crippen LogP contribution in [-0.2, 0) is 28.6 Å². The maximum atomic E-state index is 12.7. The number of carbonyl (C=O) groups is 3. The van der Waals surface area contributed by atoms with Crippen LogP contribution in [0.5, 0.6) is 0 Å². The average Bonchev–Trinajstić information content (AvgIpc) is 3.21. The van der Waals surface area contributed by atoms with Crippen molar-refractivity contribution in [3.63, 3.8) is 0 Å². The lowest BCUT2D eigenvalue weighted by Crippen LogP contribution is -2.30. The number of allylic oxidation sites excluding steroid dienone is 18. The molecule has 6 heteroatoms. The van der Waals surface area contributed by atoms with Crippen molar-refractivity contribution in [1.82, 2.24) is 0 Å². The Morgan fingerprint density at radius 1 is 0.386 bits per heavy atom. The Hall–Kier alpha value is -3.93. The number of unbranched alkanes of at least 4 members (excludes halogenated alkanes) is 11. The van der Waals surface area contributed by atoms with Crippen molar-refractivity contribution in [2.45, 2.75) is 181 Å². The monoisotopic (exact) mass is 789 g/mol. The minimum atomic E-state index is -0.822. The molecule has 0 heterocycles. The van der Waals surface area contributed by atoms with Gasteiger partial charge in [0.1, 0.15) is 13.2 Å². The van der Waals surface area contributed by atoms with E-state index >= 15 is 0 Å². The first-order valence-corrected chi connectivity index (χ1v) is 22.4. The summed E-state index contributed by atoms with van der Waals surface area (Å²) in [5.41, 5.74) is 0. The third kappa shape index (κ3) is 43.0. The van der Waals surface area contributed by atoms with E-state index in [0.29, 0.717) is 19.3 Å². The van der Waals surface area contributed by atoms with Crippen LogP contribution in [0.4, 0.5) is 0 Å². The molecule has 0 aliphatic rings. The second kappa shape index (κ2) is 44.8. The molecule has 0 spiro atoms. The zero-order chi connectivity index (χ0) is 41.5. The highest BCUT2D eigenvalue weighted by molar-refractivity contribution is 5.71. The fourth-order valence-corrected chi connectivity index (χ4v) is 5.48. The van der Waals surface area contributed by atoms with Crippen LogP contribution < -0.4 is 0 Å². The number of hydrogen-bond acceptors (Lipinski definition) is 6. The van der Waals surface area contributed by atoms with Crippen LogP contribution in [0.15, 0.2) is 109 Å². The first-order chi connectivity index (χ1) is 28.0. The number of rotatable bonds is 38. The number of carbonyl (C=O) groups excluding carboxylic acids is 3. The maximum Gasteiger partial charge on any atom is 0.306 e. The van der Waals surface area contributed by atoms with E-state index in [9.17, 15) is 14.4 Å². The summed E-state index contributed by atoms with van der Waals surface area (Å²) in [5, 5.41) is 0. The summed E-state index contributed by atoms with van der Waals surface area (Å²) in [4.78, 5) is 37.6. The van der Waals surface area contributed by atoms with Gasteiger partial charge >= 0.3 is 17.9 Å². The lowest BCUT2D eigenvalue weighted by molar-refractivity contribution is -0.167. The fourth-order valence-electron chi connectivity index (χ4n) is 5.48. The van der Waals surface area contributed by atoms with Crippen molar-refractivity contribution in [3.8, 4) is 0 Å². The molecule has 0 aliphatic heterocycles. The first-order valence-electron chi connectivity index (χ1n) is 22.4. The highest BCUT2D eigenvalue weighted by atomic mass is 16.6. The normalized spacial score (nSPS) is 13.1. The van der Waals surface area contributed by atoms with Crippen molar-refractivity contribution < 1.29 is 28.6 Å². The molecule has 0 saturated carbocycles. The molecule has 57 heavy (non-hydrogen) atoms. The van der Waals surface area contributed by atoms with Crippen LogP contribution in [-0.4, -0.2) is 37.2 Å². The van der Waals surface area contributed by atoms with Crippen molar-refractivity contribution in [3.05, 3.63) is 109 Å². The Labute approximate surface area is 349 Å². The van der Waals surface area contributed by atoms with Gasteiger partial charge in [0.15, 0.2) is 6.10 Å². The molecule has 0 aromatic heterocycles. The number of hydrogen-bond donors (Lipinski definition) is 0. The summed E-state index contributed by atoms with van der Waals surface area (Å²) in [6.45, 7) is 6.22. The molecule has 6 nitrogen and oxygen atoms in total. The second-order valence-electron chi connectivity index (χ2n) is 14.2. The molecule has 0 rings (SSSR count). The van der Waals surface area contributed by atoms with Gasteiger partial charge in [-0.15, -0.1) is 0 Å². The third-order valence-electron chi connectivity index (χ3n) is 8.80. The molecule has 0 aromatic carbocycles. The topological polar surface area (TPSA) is 78.9 Å². The summed E-state index contributed by atoms with van der Waals surface area (Å²) < 4.78 is 16.6. The molecule has 1 unspecified atom stereocenters. The van der Waals surface area contributed by atoms with Gasteiger partial charge in [0.2, 0.25) is 0 Å². The predicted molar refractivity (Wildman–Crippen MR) is 242 cm³/mol. The Balaban J connectivity index is 4.53. The molecule has 0 amide bonds. The van der Waals surface area contributed by atoms with Gasteiger partial charge in [-0.3, -0.25) is 14.4 Å². The molecule has 0 saturated heterocycles. The number of ether oxygens (including phenoxy) is 3. The van der Waals surface area contributed by atoms with Gasteiger partial charge in [0.05, 0.1) is 0 Å². The minimum absolute atomic E-state index is 0.122. The molecule has 0 aromatic rings. The highest BCUT2D eigenvalue weighted by Crippen LogP contribution is 2.11. The average molecular weight is 789 g/mol. The van der Waals surface area contributed by atoms with E-state index in [0.717, 1.165) is 96.3 Å². The third-order valence-corrected chi connectivity index (χ3v) is 8.80. The van der Waals surface area contributed by atoms with Crippen molar-refractivity contribution in [2.75, 3.05) is 13.2 Å². The summed E-state index contributed by atoms with van der Waals surface area (Å²) >= 11 is 0. The summed E-state index contributed by atoms with van der Waals surface area (Å²) in [6.07, 6.45) is 59.4. The molecule has 0 fully saturated rings. The van der Waals surface area contributed by atoms with Crippen LogP contribution >= 0.6 is 0 Å². The summed E-state index contributed by atoms with van der Waals surface area (Å²) in [7, 11) is 0. The SMILES string of the molecule is CC\C=C/C=C\C=C/CCCCCCCC(=O)OC(COC(=O)CCC/C=C\C/C=C\C/C=C\C/C=C\C/C=C\CC)COC(=O)CCC/C=C\CCCCCC. The predicted octanol–water partition coefficient (Wildman–Crippen LogP) is 14.4. The molecule has 0 N–H and O–H groups in total. The first kappa shape index (κ1) is 53.1. The van der Waals surface area contributed by atoms with E-state index < -0.39 is 6.10 Å². The highest BCUT2D eigenvalue weighted by Gasteiger charge is 2.19. The summed E-state index contributed by atoms with van der Waals surface area (Å²) in [5.74, 6) is -1.05. The standard InChI is InChI=1S/C51H80O6/c1-4-7-10-13-16-19-21-23-24-25-26-28-29-32-35-38-41-44-50(53)56-47-48(46-55-49(52)43-40-37-34-31-18-15-12-9-6-3)57-51(54)45-42-39-36-33-30-27-22-20-17-14-11-8-5-2/h7-8,10-11,14,16-17,19-20,22-24,26,28,31-32,34-35,48H,4-6,9,12-13,15,18,21,25,27,29-30,33,36-47H2,1-3H3/b10-7-,11-8-,17-14-,19-16-,22-20-,24-23-,28-26-,34-31-,35-32-. The lowest BCUT2D eigenvalue weighted by atomic mass is 10.1. The van der Waals surface area contributed by atoms with Gasteiger partial charge in [-0.2, -0.15) is 0 Å². The molecule has 0 aliphatic carbocycles.